The van der Waals surface area contributed by atoms with E-state index < -0.39 is 0 Å². The Balaban J connectivity index is 1.80. The third-order valence-electron chi connectivity index (χ3n) is 4.52. The molecule has 17 heavy (non-hydrogen) atoms. The van der Waals surface area contributed by atoms with Crippen LogP contribution in [0.4, 0.5) is 0 Å². The van der Waals surface area contributed by atoms with Gasteiger partial charge in [0.15, 0.2) is 0 Å². The topological polar surface area (TPSA) is 3.24 Å². The Morgan fingerprint density at radius 1 is 0.824 bits per heavy atom. The van der Waals surface area contributed by atoms with Gasteiger partial charge in [0, 0.05) is 12.1 Å². The summed E-state index contributed by atoms with van der Waals surface area (Å²) in [5.74, 6) is 0. The number of benzene rings is 1. The largest absolute Gasteiger partial charge is 0.293 e. The fraction of sp³-hybridized carbons (Fsp3) is 0.625. The van der Waals surface area contributed by atoms with Crippen LogP contribution in [0.25, 0.3) is 0 Å². The summed E-state index contributed by atoms with van der Waals surface area (Å²) in [5.41, 5.74) is 1.54. The molecule has 3 rings (SSSR count). The van der Waals surface area contributed by atoms with Gasteiger partial charge < -0.3 is 0 Å². The van der Waals surface area contributed by atoms with Gasteiger partial charge in [-0.05, 0) is 37.8 Å². The molecule has 1 aliphatic carbocycles. The number of hydrogen-bond donors (Lipinski definition) is 0. The zero-order valence-corrected chi connectivity index (χ0v) is 10.6. The molecule has 2 fully saturated rings. The van der Waals surface area contributed by atoms with Crippen molar-refractivity contribution in [1.82, 2.24) is 4.90 Å². The van der Waals surface area contributed by atoms with Crippen molar-refractivity contribution in [3.05, 3.63) is 35.9 Å². The summed E-state index contributed by atoms with van der Waals surface area (Å²) in [5, 5.41) is 0. The molecule has 1 heteroatoms. The van der Waals surface area contributed by atoms with Gasteiger partial charge in [0.05, 0.1) is 0 Å². The summed E-state index contributed by atoms with van der Waals surface area (Å²) in [6, 6.07) is 12.7. The second-order valence-electron chi connectivity index (χ2n) is 5.60. The smallest absolute Gasteiger partial charge is 0.0351 e. The van der Waals surface area contributed by atoms with E-state index in [1.807, 2.05) is 0 Å². The van der Waals surface area contributed by atoms with Crippen molar-refractivity contribution >= 4 is 0 Å². The molecule has 1 heterocycles. The van der Waals surface area contributed by atoms with Crippen LogP contribution in [0, 0.1) is 0 Å². The van der Waals surface area contributed by atoms with Gasteiger partial charge in [-0.15, -0.1) is 0 Å². The van der Waals surface area contributed by atoms with Crippen molar-refractivity contribution in [3.63, 3.8) is 0 Å². The Kier molecular flexibility index (Phi) is 3.46. The molecule has 0 spiro atoms. The second kappa shape index (κ2) is 5.22. The monoisotopic (exact) mass is 229 g/mol. The van der Waals surface area contributed by atoms with Crippen molar-refractivity contribution < 1.29 is 0 Å². The molecular formula is C16H23N. The quantitative estimate of drug-likeness (QED) is 0.736. The van der Waals surface area contributed by atoms with Gasteiger partial charge in [0.1, 0.15) is 0 Å². The SMILES string of the molecule is c1ccc(C2CCCCN2C2CCCC2)cc1. The van der Waals surface area contributed by atoms with Gasteiger partial charge in [0.2, 0.25) is 0 Å². The highest BCUT2D eigenvalue weighted by atomic mass is 15.2. The van der Waals surface area contributed by atoms with Gasteiger partial charge in [0.25, 0.3) is 0 Å². The minimum absolute atomic E-state index is 0.702. The van der Waals surface area contributed by atoms with E-state index in [0.29, 0.717) is 6.04 Å². The number of likely N-dealkylation sites (tertiary alicyclic amines) is 1. The number of piperidine rings is 1. The number of rotatable bonds is 2. The standard InChI is InChI=1S/C16H23N/c1-2-8-14(9-3-1)16-12-6-7-13-17(16)15-10-4-5-11-15/h1-3,8-9,15-16H,4-7,10-13H2. The summed E-state index contributed by atoms with van der Waals surface area (Å²) >= 11 is 0. The van der Waals surface area contributed by atoms with E-state index in [4.69, 9.17) is 0 Å². The molecule has 1 aromatic carbocycles. The fourth-order valence-electron chi connectivity index (χ4n) is 3.66. The van der Waals surface area contributed by atoms with Crippen molar-refractivity contribution in [1.29, 1.82) is 0 Å². The fourth-order valence-corrected chi connectivity index (χ4v) is 3.66. The molecule has 1 saturated carbocycles. The van der Waals surface area contributed by atoms with Crippen LogP contribution in [0.3, 0.4) is 0 Å². The first-order valence-corrected chi connectivity index (χ1v) is 7.26. The molecule has 1 aliphatic heterocycles. The Morgan fingerprint density at radius 2 is 1.53 bits per heavy atom. The first kappa shape index (κ1) is 11.3. The average Bonchev–Trinajstić information content (AvgIpc) is 2.94. The highest BCUT2D eigenvalue weighted by molar-refractivity contribution is 5.19. The molecule has 92 valence electrons. The van der Waals surface area contributed by atoms with E-state index in [-0.39, 0.29) is 0 Å². The van der Waals surface area contributed by atoms with E-state index >= 15 is 0 Å². The summed E-state index contributed by atoms with van der Waals surface area (Å²) in [6.07, 6.45) is 9.93. The molecule has 0 aromatic heterocycles. The van der Waals surface area contributed by atoms with E-state index in [1.54, 1.807) is 5.56 Å². The predicted molar refractivity (Wildman–Crippen MR) is 72.0 cm³/mol. The van der Waals surface area contributed by atoms with Crippen molar-refractivity contribution in [2.75, 3.05) is 6.54 Å². The third-order valence-corrected chi connectivity index (χ3v) is 4.52. The summed E-state index contributed by atoms with van der Waals surface area (Å²) in [6.45, 7) is 1.32. The number of hydrogen-bond acceptors (Lipinski definition) is 1. The highest BCUT2D eigenvalue weighted by Crippen LogP contribution is 2.36. The lowest BCUT2D eigenvalue weighted by Crippen LogP contribution is -2.40. The van der Waals surface area contributed by atoms with Gasteiger partial charge in [-0.25, -0.2) is 0 Å². The van der Waals surface area contributed by atoms with Crippen LogP contribution in [0.1, 0.15) is 56.6 Å². The number of nitrogens with zero attached hydrogens (tertiary/aromatic N) is 1. The van der Waals surface area contributed by atoms with Gasteiger partial charge >= 0.3 is 0 Å². The summed E-state index contributed by atoms with van der Waals surface area (Å²) < 4.78 is 0. The Bertz CT molecular complexity index is 340. The van der Waals surface area contributed by atoms with E-state index in [2.05, 4.69) is 35.2 Å². The van der Waals surface area contributed by atoms with Gasteiger partial charge in [-0.3, -0.25) is 4.90 Å². The minimum atomic E-state index is 0.702. The molecule has 1 aromatic rings. The maximum absolute atomic E-state index is 2.81. The maximum Gasteiger partial charge on any atom is 0.0351 e. The molecule has 1 unspecified atom stereocenters. The van der Waals surface area contributed by atoms with Crippen molar-refractivity contribution in [2.24, 2.45) is 0 Å². The molecule has 0 N–H and O–H groups in total. The normalized spacial score (nSPS) is 27.4. The Labute approximate surface area is 105 Å². The van der Waals surface area contributed by atoms with Gasteiger partial charge in [-0.1, -0.05) is 49.6 Å². The zero-order valence-electron chi connectivity index (χ0n) is 10.6. The lowest BCUT2D eigenvalue weighted by molar-refractivity contribution is 0.0969. The maximum atomic E-state index is 2.81. The Hall–Kier alpha value is -0.820. The first-order chi connectivity index (χ1) is 8.45. The lowest BCUT2D eigenvalue weighted by Gasteiger charge is -2.40. The van der Waals surface area contributed by atoms with Crippen LogP contribution in [0.15, 0.2) is 30.3 Å². The van der Waals surface area contributed by atoms with Crippen LogP contribution in [-0.2, 0) is 0 Å². The molecule has 2 aliphatic rings. The van der Waals surface area contributed by atoms with E-state index in [0.717, 1.165) is 6.04 Å². The minimum Gasteiger partial charge on any atom is -0.293 e. The van der Waals surface area contributed by atoms with E-state index in [1.165, 1.54) is 51.5 Å². The molecular weight excluding hydrogens is 206 g/mol. The lowest BCUT2D eigenvalue weighted by atomic mass is 9.93. The van der Waals surface area contributed by atoms with Crippen LogP contribution in [0.2, 0.25) is 0 Å². The molecule has 1 nitrogen and oxygen atoms in total. The summed E-state index contributed by atoms with van der Waals surface area (Å²) in [4.78, 5) is 2.81. The Morgan fingerprint density at radius 3 is 2.29 bits per heavy atom. The van der Waals surface area contributed by atoms with Crippen LogP contribution >= 0.6 is 0 Å². The van der Waals surface area contributed by atoms with Crippen LogP contribution < -0.4 is 0 Å². The van der Waals surface area contributed by atoms with Crippen LogP contribution in [-0.4, -0.2) is 17.5 Å². The summed E-state index contributed by atoms with van der Waals surface area (Å²) in [7, 11) is 0. The zero-order chi connectivity index (χ0) is 11.5. The van der Waals surface area contributed by atoms with Gasteiger partial charge in [-0.2, -0.15) is 0 Å². The van der Waals surface area contributed by atoms with Crippen LogP contribution in [0.5, 0.6) is 0 Å². The second-order valence-corrected chi connectivity index (χ2v) is 5.60. The molecule has 0 bridgehead atoms. The molecule has 0 amide bonds. The predicted octanol–water partition coefficient (Wildman–Crippen LogP) is 4.16. The molecule has 0 radical (unpaired) electrons. The van der Waals surface area contributed by atoms with Crippen molar-refractivity contribution in [2.45, 2.75) is 57.0 Å². The van der Waals surface area contributed by atoms with Crippen molar-refractivity contribution in [3.8, 4) is 0 Å². The average molecular weight is 229 g/mol. The molecule has 1 atom stereocenters. The van der Waals surface area contributed by atoms with E-state index in [9.17, 15) is 0 Å². The third kappa shape index (κ3) is 2.40. The highest BCUT2D eigenvalue weighted by Gasteiger charge is 2.31. The first-order valence-electron chi connectivity index (χ1n) is 7.26. The molecule has 1 saturated heterocycles.